The van der Waals surface area contributed by atoms with E-state index in [-0.39, 0.29) is 12.1 Å². The molecule has 0 bridgehead atoms. The fourth-order valence-electron chi connectivity index (χ4n) is 2.81. The molecule has 3 heterocycles. The average molecular weight is 349 g/mol. The highest BCUT2D eigenvalue weighted by atomic mass is 32.1. The van der Waals surface area contributed by atoms with Gasteiger partial charge in [-0.25, -0.2) is 4.79 Å². The monoisotopic (exact) mass is 349 g/mol. The zero-order valence-corrected chi connectivity index (χ0v) is 14.6. The number of urea groups is 1. The summed E-state index contributed by atoms with van der Waals surface area (Å²) in [5, 5.41) is 5.13. The number of carbonyl (C=O) groups excluding carboxylic acids is 1. The Morgan fingerprint density at radius 3 is 2.88 bits per heavy atom. The van der Waals surface area contributed by atoms with E-state index in [0.717, 1.165) is 32.1 Å². The summed E-state index contributed by atoms with van der Waals surface area (Å²) >= 11 is 1.73. The number of nitrogens with zero attached hydrogens (tertiary/aromatic N) is 2. The van der Waals surface area contributed by atoms with E-state index in [1.807, 2.05) is 12.1 Å². The van der Waals surface area contributed by atoms with Crippen molar-refractivity contribution in [1.82, 2.24) is 15.1 Å². The maximum absolute atomic E-state index is 12.4. The number of amides is 2. The molecule has 24 heavy (non-hydrogen) atoms. The molecule has 1 atom stereocenters. The molecule has 2 amide bonds. The second kappa shape index (κ2) is 8.32. The van der Waals surface area contributed by atoms with E-state index in [1.165, 1.54) is 4.88 Å². The van der Waals surface area contributed by atoms with Gasteiger partial charge in [0, 0.05) is 31.6 Å². The summed E-state index contributed by atoms with van der Waals surface area (Å²) in [6.45, 7) is 4.31. The van der Waals surface area contributed by atoms with Gasteiger partial charge >= 0.3 is 6.03 Å². The van der Waals surface area contributed by atoms with Crippen molar-refractivity contribution in [2.24, 2.45) is 0 Å². The van der Waals surface area contributed by atoms with Crippen LogP contribution >= 0.6 is 11.3 Å². The number of furan rings is 1. The zero-order valence-electron chi connectivity index (χ0n) is 13.8. The van der Waals surface area contributed by atoms with Crippen LogP contribution in [0.25, 0.3) is 0 Å². The van der Waals surface area contributed by atoms with Crippen molar-refractivity contribution in [3.05, 3.63) is 46.5 Å². The second-order valence-electron chi connectivity index (χ2n) is 5.80. The Morgan fingerprint density at radius 1 is 1.38 bits per heavy atom. The first-order valence-electron chi connectivity index (χ1n) is 8.10. The lowest BCUT2D eigenvalue weighted by Gasteiger charge is -2.34. The summed E-state index contributed by atoms with van der Waals surface area (Å²) in [7, 11) is 1.77. The van der Waals surface area contributed by atoms with Crippen molar-refractivity contribution in [1.29, 1.82) is 0 Å². The predicted molar refractivity (Wildman–Crippen MR) is 93.0 cm³/mol. The first-order valence-corrected chi connectivity index (χ1v) is 8.98. The Morgan fingerprint density at radius 2 is 2.21 bits per heavy atom. The van der Waals surface area contributed by atoms with Gasteiger partial charge < -0.3 is 19.4 Å². The fraction of sp³-hybridized carbons (Fsp3) is 0.471. The molecule has 6 nitrogen and oxygen atoms in total. The third-order valence-electron chi connectivity index (χ3n) is 4.12. The molecule has 1 saturated heterocycles. The Labute approximate surface area is 146 Å². The topological polar surface area (TPSA) is 58.0 Å². The van der Waals surface area contributed by atoms with Crippen LogP contribution in [0, 0.1) is 0 Å². The van der Waals surface area contributed by atoms with E-state index in [1.54, 1.807) is 29.5 Å². The van der Waals surface area contributed by atoms with E-state index < -0.39 is 0 Å². The van der Waals surface area contributed by atoms with E-state index in [4.69, 9.17) is 9.15 Å². The van der Waals surface area contributed by atoms with Gasteiger partial charge in [-0.15, -0.1) is 11.3 Å². The van der Waals surface area contributed by atoms with Gasteiger partial charge in [-0.05, 0) is 23.6 Å². The summed E-state index contributed by atoms with van der Waals surface area (Å²) in [6, 6.07) is 7.97. The molecular weight excluding hydrogens is 326 g/mol. The number of hydrogen-bond acceptors (Lipinski definition) is 5. The SMILES string of the molecule is CN(Cc1ccco1)C(=O)NC[C@H](c1cccs1)N1CCOCC1. The molecule has 0 saturated carbocycles. The van der Waals surface area contributed by atoms with Crippen LogP contribution in [-0.4, -0.2) is 55.7 Å². The summed E-state index contributed by atoms with van der Waals surface area (Å²) < 4.78 is 10.7. The van der Waals surface area contributed by atoms with Crippen LogP contribution in [-0.2, 0) is 11.3 Å². The average Bonchev–Trinajstić information content (AvgIpc) is 3.30. The normalized spacial score (nSPS) is 16.7. The lowest BCUT2D eigenvalue weighted by Crippen LogP contribution is -2.45. The first kappa shape index (κ1) is 17.0. The van der Waals surface area contributed by atoms with Gasteiger partial charge in [0.15, 0.2) is 0 Å². The lowest BCUT2D eigenvalue weighted by molar-refractivity contribution is 0.0172. The van der Waals surface area contributed by atoms with Gasteiger partial charge in [-0.3, -0.25) is 4.90 Å². The van der Waals surface area contributed by atoms with Gasteiger partial charge in [0.2, 0.25) is 0 Å². The zero-order chi connectivity index (χ0) is 16.8. The number of thiophene rings is 1. The van der Waals surface area contributed by atoms with E-state index >= 15 is 0 Å². The molecule has 2 aromatic heterocycles. The number of rotatable bonds is 6. The number of morpholine rings is 1. The highest BCUT2D eigenvalue weighted by Gasteiger charge is 2.24. The van der Waals surface area contributed by atoms with Crippen molar-refractivity contribution < 1.29 is 13.9 Å². The smallest absolute Gasteiger partial charge is 0.317 e. The Balaban J connectivity index is 1.57. The third kappa shape index (κ3) is 4.37. The predicted octanol–water partition coefficient (Wildman–Crippen LogP) is 2.56. The van der Waals surface area contributed by atoms with Gasteiger partial charge in [0.25, 0.3) is 0 Å². The first-order chi connectivity index (χ1) is 11.7. The Bertz CT molecular complexity index is 609. The molecule has 1 fully saturated rings. The standard InChI is InChI=1S/C17H23N3O3S/c1-19(13-14-4-2-8-23-14)17(21)18-12-15(16-5-3-11-24-16)20-6-9-22-10-7-20/h2-5,8,11,15H,6-7,9-10,12-13H2,1H3,(H,18,21)/t15-/m1/s1. The molecular formula is C17H23N3O3S. The van der Waals surface area contributed by atoms with Crippen LogP contribution in [0.1, 0.15) is 16.7 Å². The van der Waals surface area contributed by atoms with Gasteiger partial charge in [0.1, 0.15) is 5.76 Å². The molecule has 3 rings (SSSR count). The van der Waals surface area contributed by atoms with E-state index in [2.05, 4.69) is 27.7 Å². The number of hydrogen-bond donors (Lipinski definition) is 1. The van der Waals surface area contributed by atoms with Crippen LogP contribution < -0.4 is 5.32 Å². The number of nitrogens with one attached hydrogen (secondary N) is 1. The van der Waals surface area contributed by atoms with Crippen LogP contribution in [0.2, 0.25) is 0 Å². The molecule has 1 aliphatic heterocycles. The van der Waals surface area contributed by atoms with Crippen LogP contribution in [0.15, 0.2) is 40.3 Å². The molecule has 0 aromatic carbocycles. The van der Waals surface area contributed by atoms with Crippen molar-refractivity contribution in [2.45, 2.75) is 12.6 Å². The van der Waals surface area contributed by atoms with Crippen molar-refractivity contribution in [3.63, 3.8) is 0 Å². The second-order valence-corrected chi connectivity index (χ2v) is 6.78. The van der Waals surface area contributed by atoms with E-state index in [9.17, 15) is 4.79 Å². The number of ether oxygens (including phenoxy) is 1. The molecule has 0 radical (unpaired) electrons. The van der Waals surface area contributed by atoms with Crippen LogP contribution in [0.5, 0.6) is 0 Å². The van der Waals surface area contributed by atoms with E-state index in [0.29, 0.717) is 13.1 Å². The molecule has 1 aliphatic rings. The molecule has 0 aliphatic carbocycles. The van der Waals surface area contributed by atoms with Gasteiger partial charge in [0.05, 0.1) is 32.1 Å². The third-order valence-corrected chi connectivity index (χ3v) is 5.10. The summed E-state index contributed by atoms with van der Waals surface area (Å²) in [5.74, 6) is 0.774. The van der Waals surface area contributed by atoms with Crippen molar-refractivity contribution >= 4 is 17.4 Å². The molecule has 7 heteroatoms. The highest BCUT2D eigenvalue weighted by Crippen LogP contribution is 2.25. The van der Waals surface area contributed by atoms with Crippen LogP contribution in [0.4, 0.5) is 4.79 Å². The Hall–Kier alpha value is -1.83. The molecule has 2 aromatic rings. The summed E-state index contributed by atoms with van der Waals surface area (Å²) in [6.07, 6.45) is 1.62. The molecule has 0 unspecified atom stereocenters. The molecule has 130 valence electrons. The van der Waals surface area contributed by atoms with Crippen molar-refractivity contribution in [2.75, 3.05) is 39.9 Å². The maximum atomic E-state index is 12.4. The minimum atomic E-state index is -0.0961. The van der Waals surface area contributed by atoms with Crippen LogP contribution in [0.3, 0.4) is 0 Å². The Kier molecular flexibility index (Phi) is 5.90. The van der Waals surface area contributed by atoms with Gasteiger partial charge in [-0.2, -0.15) is 0 Å². The molecule has 0 spiro atoms. The van der Waals surface area contributed by atoms with Crippen molar-refractivity contribution in [3.8, 4) is 0 Å². The quantitative estimate of drug-likeness (QED) is 0.871. The van der Waals surface area contributed by atoms with Gasteiger partial charge in [-0.1, -0.05) is 6.07 Å². The number of carbonyl (C=O) groups is 1. The maximum Gasteiger partial charge on any atom is 0.317 e. The lowest BCUT2D eigenvalue weighted by atomic mass is 10.2. The fourth-order valence-corrected chi connectivity index (χ4v) is 3.67. The largest absolute Gasteiger partial charge is 0.467 e. The minimum absolute atomic E-state index is 0.0961. The minimum Gasteiger partial charge on any atom is -0.467 e. The highest BCUT2D eigenvalue weighted by molar-refractivity contribution is 7.10. The molecule has 1 N–H and O–H groups in total. The summed E-state index contributed by atoms with van der Waals surface area (Å²) in [4.78, 5) is 17.6. The summed E-state index contributed by atoms with van der Waals surface area (Å²) in [5.41, 5.74) is 0.